The van der Waals surface area contributed by atoms with E-state index in [1.54, 1.807) is 0 Å². The molecule has 0 radical (unpaired) electrons. The largest absolute Gasteiger partial charge is 0.271 e. The minimum absolute atomic E-state index is 0.0858. The molecule has 0 saturated carbocycles. The Labute approximate surface area is 114 Å². The third-order valence-electron chi connectivity index (χ3n) is 3.05. The molecule has 1 aromatic heterocycles. The van der Waals surface area contributed by atoms with Crippen molar-refractivity contribution in [1.82, 2.24) is 15.2 Å². The summed E-state index contributed by atoms with van der Waals surface area (Å²) in [7, 11) is 0. The second-order valence-corrected chi connectivity index (χ2v) is 5.99. The minimum atomic E-state index is 0.0858. The van der Waals surface area contributed by atoms with E-state index in [2.05, 4.69) is 31.3 Å². The third-order valence-corrected chi connectivity index (χ3v) is 3.05. The molecule has 0 amide bonds. The molecule has 2 rings (SSSR count). The summed E-state index contributed by atoms with van der Waals surface area (Å²) in [6.45, 7) is 6.63. The van der Waals surface area contributed by atoms with Gasteiger partial charge in [0.05, 0.1) is 17.4 Å². The molecule has 19 heavy (non-hydrogen) atoms. The fourth-order valence-corrected chi connectivity index (χ4v) is 2.22. The van der Waals surface area contributed by atoms with E-state index >= 15 is 0 Å². The van der Waals surface area contributed by atoms with Gasteiger partial charge in [-0.25, -0.2) is 4.68 Å². The van der Waals surface area contributed by atoms with Crippen LogP contribution in [0.4, 0.5) is 0 Å². The van der Waals surface area contributed by atoms with Gasteiger partial charge in [0.25, 0.3) is 0 Å². The van der Waals surface area contributed by atoms with Crippen molar-refractivity contribution >= 4 is 0 Å². The van der Waals surface area contributed by atoms with E-state index in [1.165, 1.54) is 0 Å². The molecule has 4 heteroatoms. The van der Waals surface area contributed by atoms with Gasteiger partial charge in [-0.3, -0.25) is 11.3 Å². The van der Waals surface area contributed by atoms with Crippen molar-refractivity contribution in [2.75, 3.05) is 0 Å². The van der Waals surface area contributed by atoms with Gasteiger partial charge in [0, 0.05) is 6.20 Å². The summed E-state index contributed by atoms with van der Waals surface area (Å²) >= 11 is 0. The number of aromatic nitrogens is 2. The Hall–Kier alpha value is -1.65. The molecule has 1 aromatic carbocycles. The lowest BCUT2D eigenvalue weighted by Gasteiger charge is -2.26. The van der Waals surface area contributed by atoms with Crippen LogP contribution in [-0.2, 0) is 0 Å². The number of nitrogens with two attached hydrogens (primary N) is 1. The van der Waals surface area contributed by atoms with Crippen LogP contribution in [0.5, 0.6) is 0 Å². The Morgan fingerprint density at radius 3 is 2.47 bits per heavy atom. The standard InChI is InChI=1S/C15H22N4/c1-15(2,3)11-13(18-16)14-9-10-17-19(14)12-7-5-4-6-8-12/h4-10,13,18H,11,16H2,1-3H3. The molecule has 3 N–H and O–H groups in total. The second-order valence-electron chi connectivity index (χ2n) is 5.99. The van der Waals surface area contributed by atoms with Crippen LogP contribution < -0.4 is 11.3 Å². The molecular formula is C15H22N4. The SMILES string of the molecule is CC(C)(C)CC(NN)c1ccnn1-c1ccccc1. The van der Waals surface area contributed by atoms with E-state index in [1.807, 2.05) is 47.3 Å². The normalized spacial score (nSPS) is 13.5. The Kier molecular flexibility index (Phi) is 4.02. The summed E-state index contributed by atoms with van der Waals surface area (Å²) in [6.07, 6.45) is 2.76. The lowest BCUT2D eigenvalue weighted by molar-refractivity contribution is 0.307. The zero-order valence-electron chi connectivity index (χ0n) is 11.8. The number of rotatable bonds is 4. The third kappa shape index (κ3) is 3.43. The van der Waals surface area contributed by atoms with Crippen molar-refractivity contribution in [1.29, 1.82) is 0 Å². The molecule has 0 bridgehead atoms. The predicted molar refractivity (Wildman–Crippen MR) is 77.7 cm³/mol. The number of hydrogen-bond acceptors (Lipinski definition) is 3. The van der Waals surface area contributed by atoms with Gasteiger partial charge < -0.3 is 0 Å². The summed E-state index contributed by atoms with van der Waals surface area (Å²) in [5.74, 6) is 5.73. The fourth-order valence-electron chi connectivity index (χ4n) is 2.22. The highest BCUT2D eigenvalue weighted by atomic mass is 15.3. The number of hydrazine groups is 1. The van der Waals surface area contributed by atoms with Gasteiger partial charge in [0.1, 0.15) is 0 Å². The number of benzene rings is 1. The maximum atomic E-state index is 5.73. The zero-order chi connectivity index (χ0) is 13.9. The topological polar surface area (TPSA) is 55.9 Å². The molecule has 4 nitrogen and oxygen atoms in total. The molecule has 0 spiro atoms. The Bertz CT molecular complexity index is 510. The smallest absolute Gasteiger partial charge is 0.0649 e. The van der Waals surface area contributed by atoms with Crippen molar-refractivity contribution in [3.63, 3.8) is 0 Å². The van der Waals surface area contributed by atoms with Crippen LogP contribution in [-0.4, -0.2) is 9.78 Å². The Morgan fingerprint density at radius 1 is 1.21 bits per heavy atom. The molecule has 0 saturated heterocycles. The molecule has 2 aromatic rings. The van der Waals surface area contributed by atoms with E-state index in [4.69, 9.17) is 5.84 Å². The lowest BCUT2D eigenvalue weighted by Crippen LogP contribution is -2.32. The lowest BCUT2D eigenvalue weighted by atomic mass is 9.87. The number of para-hydroxylation sites is 1. The second kappa shape index (κ2) is 5.55. The van der Waals surface area contributed by atoms with Crippen LogP contribution in [0.3, 0.4) is 0 Å². The first-order valence-electron chi connectivity index (χ1n) is 6.57. The van der Waals surface area contributed by atoms with Crippen molar-refractivity contribution in [3.8, 4) is 5.69 Å². The van der Waals surface area contributed by atoms with E-state index < -0.39 is 0 Å². The summed E-state index contributed by atoms with van der Waals surface area (Å²) in [6, 6.07) is 12.2. The first kappa shape index (κ1) is 13.8. The van der Waals surface area contributed by atoms with Gasteiger partial charge in [0.2, 0.25) is 0 Å². The molecule has 0 aliphatic carbocycles. The first-order chi connectivity index (χ1) is 9.01. The average Bonchev–Trinajstić information content (AvgIpc) is 2.85. The minimum Gasteiger partial charge on any atom is -0.271 e. The summed E-state index contributed by atoms with van der Waals surface area (Å²) in [4.78, 5) is 0. The number of nitrogens with zero attached hydrogens (tertiary/aromatic N) is 2. The van der Waals surface area contributed by atoms with Crippen molar-refractivity contribution in [2.24, 2.45) is 11.3 Å². The quantitative estimate of drug-likeness (QED) is 0.655. The van der Waals surface area contributed by atoms with Crippen LogP contribution in [0.1, 0.15) is 38.9 Å². The number of hydrogen-bond donors (Lipinski definition) is 2. The van der Waals surface area contributed by atoms with Crippen LogP contribution >= 0.6 is 0 Å². The first-order valence-corrected chi connectivity index (χ1v) is 6.57. The fraction of sp³-hybridized carbons (Fsp3) is 0.400. The predicted octanol–water partition coefficient (Wildman–Crippen LogP) is 2.81. The van der Waals surface area contributed by atoms with Gasteiger partial charge >= 0.3 is 0 Å². The van der Waals surface area contributed by atoms with E-state index in [9.17, 15) is 0 Å². The molecular weight excluding hydrogens is 236 g/mol. The van der Waals surface area contributed by atoms with Crippen molar-refractivity contribution in [2.45, 2.75) is 33.2 Å². The Balaban J connectivity index is 2.33. The molecule has 1 unspecified atom stereocenters. The van der Waals surface area contributed by atoms with Crippen molar-refractivity contribution in [3.05, 3.63) is 48.3 Å². The molecule has 0 aliphatic heterocycles. The number of nitrogens with one attached hydrogen (secondary N) is 1. The summed E-state index contributed by atoms with van der Waals surface area (Å²) in [5.41, 5.74) is 5.25. The van der Waals surface area contributed by atoms with Crippen LogP contribution in [0.2, 0.25) is 0 Å². The van der Waals surface area contributed by atoms with Gasteiger partial charge in [-0.05, 0) is 30.0 Å². The van der Waals surface area contributed by atoms with Gasteiger partial charge in [-0.1, -0.05) is 39.0 Å². The van der Waals surface area contributed by atoms with E-state index in [0.717, 1.165) is 17.8 Å². The maximum absolute atomic E-state index is 5.73. The van der Waals surface area contributed by atoms with E-state index in [0.29, 0.717) is 0 Å². The molecule has 102 valence electrons. The average molecular weight is 258 g/mol. The molecule has 0 aliphatic rings. The summed E-state index contributed by atoms with van der Waals surface area (Å²) in [5, 5.41) is 4.41. The van der Waals surface area contributed by atoms with Gasteiger partial charge in [0.15, 0.2) is 0 Å². The Morgan fingerprint density at radius 2 is 1.89 bits per heavy atom. The molecule has 1 heterocycles. The van der Waals surface area contributed by atoms with Crippen LogP contribution in [0, 0.1) is 5.41 Å². The highest BCUT2D eigenvalue weighted by Gasteiger charge is 2.22. The molecule has 0 fully saturated rings. The summed E-state index contributed by atoms with van der Waals surface area (Å²) < 4.78 is 1.94. The van der Waals surface area contributed by atoms with Crippen molar-refractivity contribution < 1.29 is 0 Å². The van der Waals surface area contributed by atoms with Crippen LogP contribution in [0.15, 0.2) is 42.6 Å². The monoisotopic (exact) mass is 258 g/mol. The van der Waals surface area contributed by atoms with Gasteiger partial charge in [-0.2, -0.15) is 5.10 Å². The highest BCUT2D eigenvalue weighted by molar-refractivity contribution is 5.33. The van der Waals surface area contributed by atoms with Crippen LogP contribution in [0.25, 0.3) is 5.69 Å². The maximum Gasteiger partial charge on any atom is 0.0649 e. The van der Waals surface area contributed by atoms with Gasteiger partial charge in [-0.15, -0.1) is 0 Å². The van der Waals surface area contributed by atoms with E-state index in [-0.39, 0.29) is 11.5 Å². The highest BCUT2D eigenvalue weighted by Crippen LogP contribution is 2.29. The molecule has 1 atom stereocenters. The zero-order valence-corrected chi connectivity index (χ0v) is 11.8.